The highest BCUT2D eigenvalue weighted by Gasteiger charge is 2.25. The molecule has 1 N–H and O–H groups in total. The van der Waals surface area contributed by atoms with Crippen LogP contribution in [-0.2, 0) is 25.3 Å². The van der Waals surface area contributed by atoms with Crippen molar-refractivity contribution in [3.05, 3.63) is 34.9 Å². The molecule has 2 aromatic rings. The maximum Gasteiger partial charge on any atom is 0.194 e. The molecule has 9 heteroatoms. The molecule has 0 aromatic carbocycles. The second-order valence-electron chi connectivity index (χ2n) is 7.01. The Hall–Kier alpha value is -1.62. The molecule has 1 unspecified atom stereocenters. The summed E-state index contributed by atoms with van der Waals surface area (Å²) < 4.78 is 9.71. The van der Waals surface area contributed by atoms with Crippen molar-refractivity contribution in [2.75, 3.05) is 32.8 Å². The Morgan fingerprint density at radius 3 is 2.75 bits per heavy atom. The molecule has 1 saturated heterocycles. The van der Waals surface area contributed by atoms with Crippen molar-refractivity contribution in [3.63, 3.8) is 0 Å². The number of hydrogen-bond donors (Lipinski definition) is 1. The molecule has 1 aliphatic rings. The summed E-state index contributed by atoms with van der Waals surface area (Å²) in [5.41, 5.74) is 4.72. The number of nitrogens with zero attached hydrogens (tertiary/aromatic N) is 6. The quantitative estimate of drug-likeness (QED) is 0.386. The zero-order valence-corrected chi connectivity index (χ0v) is 19.8. The van der Waals surface area contributed by atoms with Crippen LogP contribution in [0.2, 0.25) is 0 Å². The van der Waals surface area contributed by atoms with Crippen LogP contribution in [-0.4, -0.2) is 63.2 Å². The molecule has 156 valence electrons. The lowest BCUT2D eigenvalue weighted by Gasteiger charge is -2.34. The number of halogens is 1. The van der Waals surface area contributed by atoms with Crippen LogP contribution in [0.3, 0.4) is 0 Å². The van der Waals surface area contributed by atoms with Crippen molar-refractivity contribution in [1.82, 2.24) is 29.8 Å². The maximum absolute atomic E-state index is 5.96. The fourth-order valence-electron chi connectivity index (χ4n) is 3.53. The van der Waals surface area contributed by atoms with E-state index in [1.807, 2.05) is 35.9 Å². The topological polar surface area (TPSA) is 72.5 Å². The van der Waals surface area contributed by atoms with Crippen LogP contribution in [0.1, 0.15) is 35.5 Å². The Morgan fingerprint density at radius 2 is 2.14 bits per heavy atom. The number of ether oxygens (including phenoxy) is 1. The largest absolute Gasteiger partial charge is 0.370 e. The Labute approximate surface area is 184 Å². The monoisotopic (exact) mass is 501 g/mol. The van der Waals surface area contributed by atoms with Gasteiger partial charge in [0, 0.05) is 51.2 Å². The van der Waals surface area contributed by atoms with Crippen LogP contribution in [0.4, 0.5) is 0 Å². The number of aromatic nitrogens is 4. The third kappa shape index (κ3) is 5.25. The molecule has 0 saturated carbocycles. The van der Waals surface area contributed by atoms with Crippen LogP contribution < -0.4 is 5.32 Å². The molecule has 0 spiro atoms. The second kappa shape index (κ2) is 10.2. The molecule has 8 nitrogen and oxygen atoms in total. The van der Waals surface area contributed by atoms with E-state index in [1.54, 1.807) is 0 Å². The van der Waals surface area contributed by atoms with Gasteiger partial charge in [0.05, 0.1) is 25.0 Å². The van der Waals surface area contributed by atoms with Crippen molar-refractivity contribution >= 4 is 29.9 Å². The Bertz CT molecular complexity index is 798. The zero-order valence-electron chi connectivity index (χ0n) is 17.5. The van der Waals surface area contributed by atoms with Crippen LogP contribution in [0.25, 0.3) is 0 Å². The minimum Gasteiger partial charge on any atom is -0.370 e. The van der Waals surface area contributed by atoms with Crippen molar-refractivity contribution in [1.29, 1.82) is 0 Å². The normalized spacial score (nSPS) is 17.5. The van der Waals surface area contributed by atoms with Crippen molar-refractivity contribution in [2.24, 2.45) is 19.1 Å². The highest BCUT2D eigenvalue weighted by molar-refractivity contribution is 14.0. The summed E-state index contributed by atoms with van der Waals surface area (Å²) in [7, 11) is 3.92. The SMILES string of the molecule is CCNC(=NCCc1c(C)nn(C)c1C)N1CCOC(c2cnn(C)c2)C1.I. The molecule has 28 heavy (non-hydrogen) atoms. The molecule has 0 amide bonds. The van der Waals surface area contributed by atoms with Gasteiger partial charge in [0.1, 0.15) is 6.10 Å². The van der Waals surface area contributed by atoms with Gasteiger partial charge in [-0.1, -0.05) is 0 Å². The van der Waals surface area contributed by atoms with E-state index in [0.29, 0.717) is 6.61 Å². The molecule has 0 bridgehead atoms. The van der Waals surface area contributed by atoms with Gasteiger partial charge in [-0.05, 0) is 32.8 Å². The second-order valence-corrected chi connectivity index (χ2v) is 7.01. The zero-order chi connectivity index (χ0) is 19.4. The molecule has 2 aromatic heterocycles. The molecule has 0 radical (unpaired) electrons. The summed E-state index contributed by atoms with van der Waals surface area (Å²) in [5.74, 6) is 0.953. The van der Waals surface area contributed by atoms with E-state index in [4.69, 9.17) is 9.73 Å². The predicted molar refractivity (Wildman–Crippen MR) is 121 cm³/mol. The Balaban J connectivity index is 0.00000280. The van der Waals surface area contributed by atoms with Crippen LogP contribution in [0.15, 0.2) is 17.4 Å². The van der Waals surface area contributed by atoms with E-state index in [1.165, 1.54) is 11.3 Å². The standard InChI is InChI=1S/C19H31N7O.HI/c1-6-20-19(21-8-7-17-14(2)23-25(5)15(17)3)26-9-10-27-18(13-26)16-11-22-24(4)12-16;/h11-12,18H,6-10,13H2,1-5H3,(H,20,21);1H. The van der Waals surface area contributed by atoms with E-state index in [-0.39, 0.29) is 30.1 Å². The van der Waals surface area contributed by atoms with Gasteiger partial charge in [0.2, 0.25) is 0 Å². The number of rotatable bonds is 5. The first-order valence-electron chi connectivity index (χ1n) is 9.62. The van der Waals surface area contributed by atoms with Crippen molar-refractivity contribution in [2.45, 2.75) is 33.3 Å². The predicted octanol–water partition coefficient (Wildman–Crippen LogP) is 1.97. The molecule has 3 rings (SSSR count). The maximum atomic E-state index is 5.96. The third-order valence-electron chi connectivity index (χ3n) is 5.08. The first kappa shape index (κ1) is 22.7. The number of aryl methyl sites for hydroxylation is 3. The number of morpholine rings is 1. The lowest BCUT2D eigenvalue weighted by molar-refractivity contribution is -0.00803. The van der Waals surface area contributed by atoms with E-state index < -0.39 is 0 Å². The summed E-state index contributed by atoms with van der Waals surface area (Å²) in [4.78, 5) is 7.16. The summed E-state index contributed by atoms with van der Waals surface area (Å²) in [5, 5.41) is 12.2. The number of guanidine groups is 1. The number of aliphatic imine (C=N–C) groups is 1. The third-order valence-corrected chi connectivity index (χ3v) is 5.08. The smallest absolute Gasteiger partial charge is 0.194 e. The summed E-state index contributed by atoms with van der Waals surface area (Å²) in [6.07, 6.45) is 4.83. The molecule has 3 heterocycles. The molecule has 1 atom stereocenters. The molecular weight excluding hydrogens is 469 g/mol. The van der Waals surface area contributed by atoms with Crippen molar-refractivity contribution < 1.29 is 4.74 Å². The minimum absolute atomic E-state index is 0. The molecular formula is C19H32IN7O. The average molecular weight is 501 g/mol. The molecule has 1 aliphatic heterocycles. The fraction of sp³-hybridized carbons (Fsp3) is 0.632. The van der Waals surface area contributed by atoms with Gasteiger partial charge in [0.15, 0.2) is 5.96 Å². The van der Waals surface area contributed by atoms with E-state index in [0.717, 1.165) is 49.8 Å². The minimum atomic E-state index is 0. The fourth-order valence-corrected chi connectivity index (χ4v) is 3.53. The van der Waals surface area contributed by atoms with E-state index in [2.05, 4.69) is 41.2 Å². The van der Waals surface area contributed by atoms with Gasteiger partial charge in [0.25, 0.3) is 0 Å². The highest BCUT2D eigenvalue weighted by Crippen LogP contribution is 2.21. The van der Waals surface area contributed by atoms with Gasteiger partial charge < -0.3 is 15.0 Å². The van der Waals surface area contributed by atoms with Crippen LogP contribution >= 0.6 is 24.0 Å². The summed E-state index contributed by atoms with van der Waals surface area (Å²) >= 11 is 0. The van der Waals surface area contributed by atoms with Gasteiger partial charge in [-0.3, -0.25) is 14.4 Å². The van der Waals surface area contributed by atoms with Gasteiger partial charge in [-0.25, -0.2) is 0 Å². The van der Waals surface area contributed by atoms with Crippen LogP contribution in [0, 0.1) is 13.8 Å². The van der Waals surface area contributed by atoms with Gasteiger partial charge >= 0.3 is 0 Å². The van der Waals surface area contributed by atoms with Gasteiger partial charge in [-0.2, -0.15) is 10.2 Å². The van der Waals surface area contributed by atoms with Gasteiger partial charge in [-0.15, -0.1) is 24.0 Å². The average Bonchev–Trinajstić information content (AvgIpc) is 3.19. The van der Waals surface area contributed by atoms with E-state index >= 15 is 0 Å². The summed E-state index contributed by atoms with van der Waals surface area (Å²) in [6.45, 7) is 10.2. The van der Waals surface area contributed by atoms with Crippen LogP contribution in [0.5, 0.6) is 0 Å². The first-order valence-corrected chi connectivity index (χ1v) is 9.62. The first-order chi connectivity index (χ1) is 13.0. The Kier molecular flexibility index (Phi) is 8.29. The highest BCUT2D eigenvalue weighted by atomic mass is 127. The number of nitrogens with one attached hydrogen (secondary N) is 1. The lowest BCUT2D eigenvalue weighted by atomic mass is 10.1. The van der Waals surface area contributed by atoms with Crippen molar-refractivity contribution in [3.8, 4) is 0 Å². The molecule has 1 fully saturated rings. The number of hydrogen-bond acceptors (Lipinski definition) is 4. The Morgan fingerprint density at radius 1 is 1.36 bits per heavy atom. The van der Waals surface area contributed by atoms with E-state index in [9.17, 15) is 0 Å². The summed E-state index contributed by atoms with van der Waals surface area (Å²) in [6, 6.07) is 0. The molecule has 0 aliphatic carbocycles. The lowest BCUT2D eigenvalue weighted by Crippen LogP contribution is -2.48.